The third kappa shape index (κ3) is 3.73. The second-order valence-electron chi connectivity index (χ2n) is 6.83. The SMILES string of the molecule is COCCCC(=O)N1CCC(N(C)c2cccc3c2CNCC3)C1. The fraction of sp³-hybridized carbons (Fsp3) is 0.632. The molecule has 2 aliphatic heterocycles. The zero-order valence-corrected chi connectivity index (χ0v) is 14.9. The highest BCUT2D eigenvalue weighted by Crippen LogP contribution is 2.29. The van der Waals surface area contributed by atoms with E-state index in [0.29, 0.717) is 19.1 Å². The summed E-state index contributed by atoms with van der Waals surface area (Å²) in [6.45, 7) is 4.37. The number of fused-ring (bicyclic) bond motifs is 1. The molecular weight excluding hydrogens is 302 g/mol. The molecule has 0 bridgehead atoms. The summed E-state index contributed by atoms with van der Waals surface area (Å²) in [6, 6.07) is 7.03. The van der Waals surface area contributed by atoms with Crippen molar-refractivity contribution in [2.45, 2.75) is 38.3 Å². The van der Waals surface area contributed by atoms with Gasteiger partial charge in [0, 0.05) is 58.5 Å². The highest BCUT2D eigenvalue weighted by Gasteiger charge is 2.30. The topological polar surface area (TPSA) is 44.8 Å². The van der Waals surface area contributed by atoms with Crippen LogP contribution < -0.4 is 10.2 Å². The van der Waals surface area contributed by atoms with Gasteiger partial charge in [0.2, 0.25) is 5.91 Å². The Labute approximate surface area is 145 Å². The molecule has 0 saturated carbocycles. The number of ether oxygens (including phenoxy) is 1. The van der Waals surface area contributed by atoms with Crippen LogP contribution in [0.3, 0.4) is 0 Å². The Morgan fingerprint density at radius 3 is 3.17 bits per heavy atom. The number of nitrogens with zero attached hydrogens (tertiary/aromatic N) is 2. The van der Waals surface area contributed by atoms with Crippen LogP contribution >= 0.6 is 0 Å². The minimum absolute atomic E-state index is 0.264. The molecule has 5 heteroatoms. The number of likely N-dealkylation sites (N-methyl/N-ethyl adjacent to an activating group) is 1. The van der Waals surface area contributed by atoms with Gasteiger partial charge < -0.3 is 19.9 Å². The summed E-state index contributed by atoms with van der Waals surface area (Å²) in [5, 5.41) is 3.48. The summed E-state index contributed by atoms with van der Waals surface area (Å²) in [5.41, 5.74) is 4.21. The van der Waals surface area contributed by atoms with E-state index in [1.54, 1.807) is 7.11 Å². The molecule has 1 fully saturated rings. The predicted octanol–water partition coefficient (Wildman–Crippen LogP) is 1.80. The van der Waals surface area contributed by atoms with Gasteiger partial charge in [0.15, 0.2) is 0 Å². The number of hydrogen-bond donors (Lipinski definition) is 1. The number of benzene rings is 1. The molecule has 1 aromatic rings. The van der Waals surface area contributed by atoms with E-state index in [9.17, 15) is 4.79 Å². The van der Waals surface area contributed by atoms with Crippen molar-refractivity contribution in [3.63, 3.8) is 0 Å². The fourth-order valence-electron chi connectivity index (χ4n) is 3.83. The third-order valence-corrected chi connectivity index (χ3v) is 5.30. The number of carbonyl (C=O) groups excluding carboxylic acids is 1. The Morgan fingerprint density at radius 1 is 1.46 bits per heavy atom. The molecule has 2 heterocycles. The molecule has 0 spiro atoms. The lowest BCUT2D eigenvalue weighted by molar-refractivity contribution is -0.130. The van der Waals surface area contributed by atoms with Crippen molar-refractivity contribution in [2.75, 3.05) is 45.3 Å². The van der Waals surface area contributed by atoms with Gasteiger partial charge in [-0.2, -0.15) is 0 Å². The van der Waals surface area contributed by atoms with Gasteiger partial charge in [-0.25, -0.2) is 0 Å². The maximum Gasteiger partial charge on any atom is 0.222 e. The van der Waals surface area contributed by atoms with Crippen LogP contribution in [0.5, 0.6) is 0 Å². The normalized spacial score (nSPS) is 20.1. The molecular formula is C19H29N3O2. The zero-order valence-electron chi connectivity index (χ0n) is 14.9. The van der Waals surface area contributed by atoms with Crippen LogP contribution in [0.4, 0.5) is 5.69 Å². The molecule has 1 N–H and O–H groups in total. The van der Waals surface area contributed by atoms with Gasteiger partial charge in [-0.15, -0.1) is 0 Å². The quantitative estimate of drug-likeness (QED) is 0.808. The summed E-state index contributed by atoms with van der Waals surface area (Å²) >= 11 is 0. The molecule has 2 aliphatic rings. The molecule has 0 aromatic heterocycles. The Kier molecular flexibility index (Phi) is 5.74. The number of carbonyl (C=O) groups is 1. The van der Waals surface area contributed by atoms with Crippen LogP contribution in [0.1, 0.15) is 30.4 Å². The van der Waals surface area contributed by atoms with Crippen molar-refractivity contribution < 1.29 is 9.53 Å². The number of hydrogen-bond acceptors (Lipinski definition) is 4. The Hall–Kier alpha value is -1.59. The molecule has 1 saturated heterocycles. The number of methoxy groups -OCH3 is 1. The highest BCUT2D eigenvalue weighted by molar-refractivity contribution is 5.76. The van der Waals surface area contributed by atoms with Gasteiger partial charge >= 0.3 is 0 Å². The van der Waals surface area contributed by atoms with Gasteiger partial charge in [-0.1, -0.05) is 12.1 Å². The van der Waals surface area contributed by atoms with E-state index in [2.05, 4.69) is 35.5 Å². The van der Waals surface area contributed by atoms with E-state index < -0.39 is 0 Å². The number of anilines is 1. The van der Waals surface area contributed by atoms with Gasteiger partial charge in [0.25, 0.3) is 0 Å². The Morgan fingerprint density at radius 2 is 2.33 bits per heavy atom. The number of likely N-dealkylation sites (tertiary alicyclic amines) is 1. The smallest absolute Gasteiger partial charge is 0.222 e. The molecule has 132 valence electrons. The monoisotopic (exact) mass is 331 g/mol. The molecule has 1 atom stereocenters. The molecule has 0 aliphatic carbocycles. The first kappa shape index (κ1) is 17.2. The van der Waals surface area contributed by atoms with Crippen molar-refractivity contribution in [1.29, 1.82) is 0 Å². The summed E-state index contributed by atoms with van der Waals surface area (Å²) < 4.78 is 5.04. The molecule has 1 amide bonds. The second-order valence-corrected chi connectivity index (χ2v) is 6.83. The Bertz CT molecular complexity index is 576. The number of rotatable bonds is 6. The summed E-state index contributed by atoms with van der Waals surface area (Å²) in [5.74, 6) is 0.264. The Balaban J connectivity index is 1.63. The van der Waals surface area contributed by atoms with Gasteiger partial charge in [0.1, 0.15) is 0 Å². The summed E-state index contributed by atoms with van der Waals surface area (Å²) in [4.78, 5) is 16.7. The van der Waals surface area contributed by atoms with Crippen LogP contribution in [-0.2, 0) is 22.5 Å². The first-order valence-corrected chi connectivity index (χ1v) is 9.01. The van der Waals surface area contributed by atoms with Crippen LogP contribution in [0, 0.1) is 0 Å². The van der Waals surface area contributed by atoms with Crippen LogP contribution in [0.2, 0.25) is 0 Å². The lowest BCUT2D eigenvalue weighted by Crippen LogP contribution is -2.38. The van der Waals surface area contributed by atoms with Gasteiger partial charge in [0.05, 0.1) is 0 Å². The van der Waals surface area contributed by atoms with Crippen LogP contribution in [0.25, 0.3) is 0 Å². The molecule has 1 unspecified atom stereocenters. The van der Waals surface area contributed by atoms with E-state index in [1.807, 2.05) is 4.90 Å². The largest absolute Gasteiger partial charge is 0.385 e. The maximum absolute atomic E-state index is 12.3. The van der Waals surface area contributed by atoms with Gasteiger partial charge in [-0.05, 0) is 43.0 Å². The lowest BCUT2D eigenvalue weighted by Gasteiger charge is -2.31. The molecule has 3 rings (SSSR count). The van der Waals surface area contributed by atoms with E-state index in [-0.39, 0.29) is 5.91 Å². The summed E-state index contributed by atoms with van der Waals surface area (Å²) in [6.07, 6.45) is 3.55. The molecule has 1 aromatic carbocycles. The van der Waals surface area contributed by atoms with Crippen molar-refractivity contribution in [3.8, 4) is 0 Å². The average molecular weight is 331 g/mol. The average Bonchev–Trinajstić information content (AvgIpc) is 3.11. The van der Waals surface area contributed by atoms with E-state index in [0.717, 1.165) is 45.4 Å². The van der Waals surface area contributed by atoms with Crippen LogP contribution in [0.15, 0.2) is 18.2 Å². The van der Waals surface area contributed by atoms with Crippen molar-refractivity contribution in [1.82, 2.24) is 10.2 Å². The molecule has 5 nitrogen and oxygen atoms in total. The standard InChI is InChI=1S/C19H29N3O2/c1-21(18-6-3-5-15-8-10-20-13-17(15)18)16-9-11-22(14-16)19(23)7-4-12-24-2/h3,5-6,16,20H,4,7-14H2,1-2H3. The number of nitrogens with one attached hydrogen (secondary N) is 1. The lowest BCUT2D eigenvalue weighted by atomic mass is 9.98. The highest BCUT2D eigenvalue weighted by atomic mass is 16.5. The predicted molar refractivity (Wildman–Crippen MR) is 96.4 cm³/mol. The minimum atomic E-state index is 0.264. The zero-order chi connectivity index (χ0) is 16.9. The van der Waals surface area contributed by atoms with E-state index in [4.69, 9.17) is 4.74 Å². The van der Waals surface area contributed by atoms with E-state index in [1.165, 1.54) is 16.8 Å². The molecule has 0 radical (unpaired) electrons. The van der Waals surface area contributed by atoms with Crippen molar-refractivity contribution in [2.24, 2.45) is 0 Å². The second kappa shape index (κ2) is 7.99. The van der Waals surface area contributed by atoms with E-state index >= 15 is 0 Å². The first-order valence-electron chi connectivity index (χ1n) is 9.01. The third-order valence-electron chi connectivity index (χ3n) is 5.30. The van der Waals surface area contributed by atoms with Crippen molar-refractivity contribution >= 4 is 11.6 Å². The molecule has 24 heavy (non-hydrogen) atoms. The first-order chi connectivity index (χ1) is 11.7. The van der Waals surface area contributed by atoms with Crippen LogP contribution in [-0.4, -0.2) is 57.2 Å². The van der Waals surface area contributed by atoms with Gasteiger partial charge in [-0.3, -0.25) is 4.79 Å². The van der Waals surface area contributed by atoms with Crippen molar-refractivity contribution in [3.05, 3.63) is 29.3 Å². The summed E-state index contributed by atoms with van der Waals surface area (Å²) in [7, 11) is 3.86. The minimum Gasteiger partial charge on any atom is -0.385 e. The number of amides is 1. The fourth-order valence-corrected chi connectivity index (χ4v) is 3.83. The maximum atomic E-state index is 12.3.